The highest BCUT2D eigenvalue weighted by Gasteiger charge is 2.10. The van der Waals surface area contributed by atoms with Gasteiger partial charge in [0.05, 0.1) is 25.4 Å². The van der Waals surface area contributed by atoms with Crippen LogP contribution in [0.3, 0.4) is 0 Å². The first-order valence-electron chi connectivity index (χ1n) is 8.52. The molecule has 0 aliphatic carbocycles. The topological polar surface area (TPSA) is 78.1 Å². The van der Waals surface area contributed by atoms with Crippen LogP contribution in [-0.2, 0) is 6.54 Å². The highest BCUT2D eigenvalue weighted by atomic mass is 19.3. The van der Waals surface area contributed by atoms with Crippen LogP contribution in [0.25, 0.3) is 0 Å². The number of benzene rings is 2. The molecule has 0 unspecified atom stereocenters. The molecule has 27 heavy (non-hydrogen) atoms. The van der Waals surface area contributed by atoms with Gasteiger partial charge in [0.2, 0.25) is 0 Å². The summed E-state index contributed by atoms with van der Waals surface area (Å²) in [6, 6.07) is 11.8. The Morgan fingerprint density at radius 3 is 2.52 bits per heavy atom. The molecule has 2 rings (SSSR count). The number of anilines is 1. The van der Waals surface area contributed by atoms with Crippen LogP contribution in [-0.4, -0.2) is 25.8 Å². The number of nitrogens with zero attached hydrogens (tertiary/aromatic N) is 1. The van der Waals surface area contributed by atoms with Gasteiger partial charge < -0.3 is 25.3 Å². The summed E-state index contributed by atoms with van der Waals surface area (Å²) in [4.78, 5) is 4.20. The summed E-state index contributed by atoms with van der Waals surface area (Å²) in [6.45, 7) is 1.95. The van der Waals surface area contributed by atoms with E-state index in [1.807, 2.05) is 13.8 Å². The molecular formula is C19H23F2N3O3. The fraction of sp³-hybridized carbons (Fsp3) is 0.316. The summed E-state index contributed by atoms with van der Waals surface area (Å²) in [5.74, 6) is 1.43. The highest BCUT2D eigenvalue weighted by Crippen LogP contribution is 2.29. The molecule has 0 atom stereocenters. The predicted molar refractivity (Wildman–Crippen MR) is 101 cm³/mol. The van der Waals surface area contributed by atoms with Crippen molar-refractivity contribution in [3.63, 3.8) is 0 Å². The number of para-hydroxylation sites is 1. The molecule has 0 aliphatic heterocycles. The number of alkyl halides is 2. The SMILES string of the molecule is CCOc1ccc(OCC)c(NC(N)=NCc2ccccc2OC(F)F)c1. The maximum atomic E-state index is 12.5. The first-order valence-corrected chi connectivity index (χ1v) is 8.52. The number of ether oxygens (including phenoxy) is 3. The van der Waals surface area contributed by atoms with Gasteiger partial charge in [0.25, 0.3) is 0 Å². The maximum Gasteiger partial charge on any atom is 0.387 e. The quantitative estimate of drug-likeness (QED) is 0.508. The summed E-state index contributed by atoms with van der Waals surface area (Å²) < 4.78 is 40.5. The monoisotopic (exact) mass is 379 g/mol. The Morgan fingerprint density at radius 2 is 1.81 bits per heavy atom. The molecule has 0 spiro atoms. The molecular weight excluding hydrogens is 356 g/mol. The summed E-state index contributed by atoms with van der Waals surface area (Å²) in [6.07, 6.45) is 0. The second-order valence-electron chi connectivity index (χ2n) is 5.34. The third kappa shape index (κ3) is 6.32. The van der Waals surface area contributed by atoms with Gasteiger partial charge >= 0.3 is 6.61 Å². The van der Waals surface area contributed by atoms with Crippen LogP contribution in [0.15, 0.2) is 47.5 Å². The van der Waals surface area contributed by atoms with Gasteiger partial charge in [-0.2, -0.15) is 8.78 Å². The van der Waals surface area contributed by atoms with Crippen molar-refractivity contribution in [1.29, 1.82) is 0 Å². The molecule has 0 radical (unpaired) electrons. The van der Waals surface area contributed by atoms with E-state index in [9.17, 15) is 8.78 Å². The average Bonchev–Trinajstić information content (AvgIpc) is 2.63. The lowest BCUT2D eigenvalue weighted by molar-refractivity contribution is -0.0504. The first kappa shape index (κ1) is 20.3. The Hall–Kier alpha value is -3.03. The number of rotatable bonds is 9. The van der Waals surface area contributed by atoms with Gasteiger partial charge in [-0.05, 0) is 32.0 Å². The van der Waals surface area contributed by atoms with Crippen LogP contribution < -0.4 is 25.3 Å². The summed E-state index contributed by atoms with van der Waals surface area (Å²) in [5, 5.41) is 2.96. The highest BCUT2D eigenvalue weighted by molar-refractivity contribution is 5.94. The normalized spacial score (nSPS) is 11.4. The molecule has 2 aromatic rings. The van der Waals surface area contributed by atoms with E-state index in [1.54, 1.807) is 36.4 Å². The number of hydrogen-bond donors (Lipinski definition) is 2. The Labute approximate surface area is 156 Å². The van der Waals surface area contributed by atoms with Gasteiger partial charge in [0.1, 0.15) is 17.2 Å². The zero-order valence-corrected chi connectivity index (χ0v) is 15.2. The standard InChI is InChI=1S/C19H23F2N3O3/c1-3-25-14-9-10-17(26-4-2)15(11-14)24-19(22)23-12-13-7-5-6-8-16(13)27-18(20)21/h5-11,18H,3-4,12H2,1-2H3,(H3,22,23,24). The van der Waals surface area contributed by atoms with E-state index in [1.165, 1.54) is 6.07 Å². The van der Waals surface area contributed by atoms with Crippen LogP contribution in [0.4, 0.5) is 14.5 Å². The third-order valence-corrected chi connectivity index (χ3v) is 3.43. The average molecular weight is 379 g/mol. The van der Waals surface area contributed by atoms with Gasteiger partial charge in [-0.3, -0.25) is 0 Å². The Balaban J connectivity index is 2.14. The number of guanidine groups is 1. The molecule has 0 heterocycles. The smallest absolute Gasteiger partial charge is 0.387 e. The number of halogens is 2. The van der Waals surface area contributed by atoms with Crippen molar-refractivity contribution in [1.82, 2.24) is 0 Å². The minimum atomic E-state index is -2.90. The molecule has 0 saturated heterocycles. The second-order valence-corrected chi connectivity index (χ2v) is 5.34. The second kappa shape index (κ2) is 10.2. The molecule has 146 valence electrons. The molecule has 6 nitrogen and oxygen atoms in total. The minimum Gasteiger partial charge on any atom is -0.494 e. The first-order chi connectivity index (χ1) is 13.0. The predicted octanol–water partition coefficient (Wildman–Crippen LogP) is 4.01. The lowest BCUT2D eigenvalue weighted by Gasteiger charge is -2.14. The molecule has 0 fully saturated rings. The molecule has 0 aromatic heterocycles. The van der Waals surface area contributed by atoms with Crippen molar-refractivity contribution in [2.24, 2.45) is 10.7 Å². The Kier molecular flexibility index (Phi) is 7.66. The van der Waals surface area contributed by atoms with E-state index >= 15 is 0 Å². The van der Waals surface area contributed by atoms with Crippen LogP contribution >= 0.6 is 0 Å². The maximum absolute atomic E-state index is 12.5. The van der Waals surface area contributed by atoms with Gasteiger partial charge in [0.15, 0.2) is 5.96 Å². The van der Waals surface area contributed by atoms with Crippen molar-refractivity contribution in [3.8, 4) is 17.2 Å². The fourth-order valence-electron chi connectivity index (χ4n) is 2.34. The molecule has 0 bridgehead atoms. The van der Waals surface area contributed by atoms with E-state index < -0.39 is 6.61 Å². The van der Waals surface area contributed by atoms with Gasteiger partial charge in [0, 0.05) is 11.6 Å². The van der Waals surface area contributed by atoms with Gasteiger partial charge in [-0.15, -0.1) is 0 Å². The van der Waals surface area contributed by atoms with Crippen LogP contribution in [0.2, 0.25) is 0 Å². The summed E-state index contributed by atoms with van der Waals surface area (Å²) in [7, 11) is 0. The minimum absolute atomic E-state index is 0.0670. The molecule has 8 heteroatoms. The van der Waals surface area contributed by atoms with E-state index in [0.717, 1.165) is 0 Å². The lowest BCUT2D eigenvalue weighted by atomic mass is 10.2. The van der Waals surface area contributed by atoms with Gasteiger partial charge in [-0.1, -0.05) is 18.2 Å². The number of hydrogen-bond acceptors (Lipinski definition) is 4. The van der Waals surface area contributed by atoms with E-state index in [4.69, 9.17) is 15.2 Å². The molecule has 3 N–H and O–H groups in total. The zero-order valence-electron chi connectivity index (χ0n) is 15.2. The third-order valence-electron chi connectivity index (χ3n) is 3.43. The number of aliphatic imine (C=N–C) groups is 1. The van der Waals surface area contributed by atoms with Crippen LogP contribution in [0.5, 0.6) is 17.2 Å². The Morgan fingerprint density at radius 1 is 1.07 bits per heavy atom. The Bertz CT molecular complexity index is 770. The van der Waals surface area contributed by atoms with Crippen molar-refractivity contribution < 1.29 is 23.0 Å². The van der Waals surface area contributed by atoms with Crippen LogP contribution in [0, 0.1) is 0 Å². The lowest BCUT2D eigenvalue weighted by Crippen LogP contribution is -2.23. The largest absolute Gasteiger partial charge is 0.494 e. The van der Waals surface area contributed by atoms with E-state index in [2.05, 4.69) is 15.0 Å². The van der Waals surface area contributed by atoms with E-state index in [-0.39, 0.29) is 18.3 Å². The van der Waals surface area contributed by atoms with Crippen molar-refractivity contribution in [2.45, 2.75) is 27.0 Å². The number of nitrogens with two attached hydrogens (primary N) is 1. The van der Waals surface area contributed by atoms with Gasteiger partial charge in [-0.25, -0.2) is 4.99 Å². The van der Waals surface area contributed by atoms with Crippen molar-refractivity contribution >= 4 is 11.6 Å². The molecule has 0 saturated carbocycles. The van der Waals surface area contributed by atoms with Crippen molar-refractivity contribution in [3.05, 3.63) is 48.0 Å². The summed E-state index contributed by atoms with van der Waals surface area (Å²) in [5.41, 5.74) is 7.04. The van der Waals surface area contributed by atoms with Crippen LogP contribution in [0.1, 0.15) is 19.4 Å². The fourth-order valence-corrected chi connectivity index (χ4v) is 2.34. The molecule has 2 aromatic carbocycles. The zero-order chi connectivity index (χ0) is 19.6. The molecule has 0 aliphatic rings. The van der Waals surface area contributed by atoms with Crippen molar-refractivity contribution in [2.75, 3.05) is 18.5 Å². The van der Waals surface area contributed by atoms with E-state index in [0.29, 0.717) is 36.0 Å². The summed E-state index contributed by atoms with van der Waals surface area (Å²) >= 11 is 0. The number of nitrogens with one attached hydrogen (secondary N) is 1. The molecule has 0 amide bonds.